The summed E-state index contributed by atoms with van der Waals surface area (Å²) >= 11 is 1.34. The van der Waals surface area contributed by atoms with Crippen molar-refractivity contribution in [3.05, 3.63) is 59.6 Å². The van der Waals surface area contributed by atoms with E-state index in [0.29, 0.717) is 10.8 Å². The van der Waals surface area contributed by atoms with Gasteiger partial charge < -0.3 is 0 Å². The molecule has 2 aliphatic carbocycles. The van der Waals surface area contributed by atoms with Gasteiger partial charge in [-0.05, 0) is 42.0 Å². The first-order valence-corrected chi connectivity index (χ1v) is 10.0. The molecule has 28 heavy (non-hydrogen) atoms. The lowest BCUT2D eigenvalue weighted by Gasteiger charge is -2.17. The van der Waals surface area contributed by atoms with Gasteiger partial charge in [-0.1, -0.05) is 24.3 Å². The molecule has 1 saturated heterocycles. The molecule has 2 bridgehead atoms. The summed E-state index contributed by atoms with van der Waals surface area (Å²) in [6.07, 6.45) is 9.77. The Bertz CT molecular complexity index is 997. The molecule has 1 N–H and O–H groups in total. The van der Waals surface area contributed by atoms with Gasteiger partial charge in [0.25, 0.3) is 0 Å². The molecule has 1 aromatic heterocycles. The number of amides is 3. The highest BCUT2D eigenvalue weighted by Gasteiger charge is 2.59. The second kappa shape index (κ2) is 6.53. The molecular weight excluding hydrogens is 374 g/mol. The first-order valence-electron chi connectivity index (χ1n) is 9.16. The average molecular weight is 391 g/mol. The number of carbonyl (C=O) groups is 3. The van der Waals surface area contributed by atoms with Crippen LogP contribution in [-0.2, 0) is 14.4 Å². The van der Waals surface area contributed by atoms with Crippen molar-refractivity contribution in [1.29, 1.82) is 0 Å². The number of imide groups is 1. The smallest absolute Gasteiger partial charge is 0.250 e. The highest BCUT2D eigenvalue weighted by Crippen LogP contribution is 2.53. The number of rotatable bonds is 4. The number of allylic oxidation sites excluding steroid dienone is 2. The largest absolute Gasteiger partial charge is 0.298 e. The van der Waals surface area contributed by atoms with E-state index in [-0.39, 0.29) is 41.4 Å². The minimum absolute atomic E-state index is 0.102. The number of hydrogen-bond donors (Lipinski definition) is 1. The molecule has 7 heteroatoms. The van der Waals surface area contributed by atoms with Crippen LogP contribution in [0.4, 0.5) is 10.8 Å². The molecule has 4 atom stereocenters. The summed E-state index contributed by atoms with van der Waals surface area (Å²) < 4.78 is 0. The minimum Gasteiger partial charge on any atom is -0.298 e. The molecule has 3 aliphatic rings. The zero-order chi connectivity index (χ0) is 19.3. The number of nitrogens with one attached hydrogen (secondary N) is 1. The molecule has 3 amide bonds. The third-order valence-corrected chi connectivity index (χ3v) is 6.38. The normalized spacial score (nSPS) is 27.8. The van der Waals surface area contributed by atoms with Crippen LogP contribution in [0.5, 0.6) is 0 Å². The maximum absolute atomic E-state index is 12.9. The van der Waals surface area contributed by atoms with Gasteiger partial charge in [0.15, 0.2) is 5.13 Å². The van der Waals surface area contributed by atoms with Crippen molar-refractivity contribution >= 4 is 46.0 Å². The molecule has 140 valence electrons. The summed E-state index contributed by atoms with van der Waals surface area (Å²) in [7, 11) is 0. The Morgan fingerprint density at radius 2 is 1.93 bits per heavy atom. The molecule has 1 aromatic carbocycles. The molecule has 1 saturated carbocycles. The fraction of sp³-hybridized carbons (Fsp3) is 0.238. The Labute approximate surface area is 165 Å². The molecule has 2 heterocycles. The number of benzene rings is 1. The number of nitrogens with zero attached hydrogens (tertiary/aromatic N) is 2. The third kappa shape index (κ3) is 2.70. The van der Waals surface area contributed by atoms with E-state index in [9.17, 15) is 14.4 Å². The molecule has 2 fully saturated rings. The monoisotopic (exact) mass is 391 g/mol. The van der Waals surface area contributed by atoms with E-state index >= 15 is 0 Å². The van der Waals surface area contributed by atoms with E-state index in [1.807, 2.05) is 6.07 Å². The topological polar surface area (TPSA) is 79.4 Å². The first kappa shape index (κ1) is 17.1. The second-order valence-electron chi connectivity index (χ2n) is 7.27. The Hall–Kier alpha value is -3.06. The Kier molecular flexibility index (Phi) is 3.98. The molecule has 1 aliphatic heterocycles. The maximum atomic E-state index is 12.9. The Morgan fingerprint density at radius 1 is 1.18 bits per heavy atom. The van der Waals surface area contributed by atoms with Gasteiger partial charge in [-0.15, -0.1) is 11.3 Å². The number of hydrogen-bond acceptors (Lipinski definition) is 5. The van der Waals surface area contributed by atoms with Crippen LogP contribution in [0.1, 0.15) is 12.0 Å². The van der Waals surface area contributed by atoms with Gasteiger partial charge in [0, 0.05) is 17.7 Å². The van der Waals surface area contributed by atoms with Crippen molar-refractivity contribution in [3.8, 4) is 0 Å². The summed E-state index contributed by atoms with van der Waals surface area (Å²) in [5.41, 5.74) is 1.30. The van der Waals surface area contributed by atoms with E-state index in [2.05, 4.69) is 22.5 Å². The van der Waals surface area contributed by atoms with Gasteiger partial charge >= 0.3 is 0 Å². The molecule has 2 aromatic rings. The predicted molar refractivity (Wildman–Crippen MR) is 106 cm³/mol. The van der Waals surface area contributed by atoms with Crippen LogP contribution in [0, 0.1) is 23.7 Å². The molecule has 5 rings (SSSR count). The number of carbonyl (C=O) groups excluding carboxylic acids is 3. The maximum Gasteiger partial charge on any atom is 0.250 e. The van der Waals surface area contributed by atoms with Crippen LogP contribution >= 0.6 is 11.3 Å². The van der Waals surface area contributed by atoms with E-state index < -0.39 is 0 Å². The number of fused-ring (bicyclic) bond motifs is 5. The van der Waals surface area contributed by atoms with Crippen LogP contribution in [0.3, 0.4) is 0 Å². The van der Waals surface area contributed by atoms with Gasteiger partial charge in [0.2, 0.25) is 17.7 Å². The van der Waals surface area contributed by atoms with Gasteiger partial charge in [-0.3, -0.25) is 19.7 Å². The lowest BCUT2D eigenvalue weighted by atomic mass is 9.85. The predicted octanol–water partition coefficient (Wildman–Crippen LogP) is 3.11. The lowest BCUT2D eigenvalue weighted by molar-refractivity contribution is -0.123. The highest BCUT2D eigenvalue weighted by atomic mass is 32.1. The fourth-order valence-corrected chi connectivity index (χ4v) is 5.06. The zero-order valence-corrected chi connectivity index (χ0v) is 15.6. The molecule has 6 nitrogen and oxygen atoms in total. The van der Waals surface area contributed by atoms with Crippen molar-refractivity contribution < 1.29 is 14.4 Å². The first-order chi connectivity index (χ1) is 13.6. The Morgan fingerprint density at radius 3 is 2.61 bits per heavy atom. The van der Waals surface area contributed by atoms with E-state index in [0.717, 1.165) is 12.0 Å². The van der Waals surface area contributed by atoms with Gasteiger partial charge in [0.05, 0.1) is 17.5 Å². The van der Waals surface area contributed by atoms with Gasteiger partial charge in [-0.25, -0.2) is 9.88 Å². The SMILES string of the molecule is O=C(C=Cc1cccc(N2C(=O)C3C4C=CC(C4)C3C2=O)c1)Nc1nccs1. The van der Waals surface area contributed by atoms with Crippen LogP contribution < -0.4 is 10.2 Å². The molecule has 0 spiro atoms. The summed E-state index contributed by atoms with van der Waals surface area (Å²) in [4.78, 5) is 43.2. The average Bonchev–Trinajstić information content (AvgIpc) is 3.46. The van der Waals surface area contributed by atoms with Crippen molar-refractivity contribution in [2.45, 2.75) is 6.42 Å². The highest BCUT2D eigenvalue weighted by molar-refractivity contribution is 7.13. The van der Waals surface area contributed by atoms with Crippen molar-refractivity contribution in [2.75, 3.05) is 10.2 Å². The van der Waals surface area contributed by atoms with Gasteiger partial charge in [0.1, 0.15) is 0 Å². The quantitative estimate of drug-likeness (QED) is 0.493. The Balaban J connectivity index is 1.35. The summed E-state index contributed by atoms with van der Waals surface area (Å²) in [6.45, 7) is 0. The lowest BCUT2D eigenvalue weighted by Crippen LogP contribution is -2.32. The second-order valence-corrected chi connectivity index (χ2v) is 8.16. The van der Waals surface area contributed by atoms with Crippen LogP contribution in [0.2, 0.25) is 0 Å². The molecule has 0 radical (unpaired) electrons. The standard InChI is InChI=1S/C21H17N3O3S/c25-16(23-21-22-8-9-28-21)7-4-12-2-1-3-15(10-12)24-19(26)17-13-5-6-14(11-13)18(17)20(24)27/h1-10,13-14,17-18H,11H2,(H,22,23,25). The van der Waals surface area contributed by atoms with Crippen molar-refractivity contribution in [3.63, 3.8) is 0 Å². The van der Waals surface area contributed by atoms with Crippen molar-refractivity contribution in [2.24, 2.45) is 23.7 Å². The zero-order valence-electron chi connectivity index (χ0n) is 14.8. The summed E-state index contributed by atoms with van der Waals surface area (Å²) in [5.74, 6) is -0.547. The molecular formula is C21H17N3O3S. The number of thiazole rings is 1. The van der Waals surface area contributed by atoms with Crippen LogP contribution in [0.15, 0.2) is 54.1 Å². The van der Waals surface area contributed by atoms with Crippen LogP contribution in [-0.4, -0.2) is 22.7 Å². The van der Waals surface area contributed by atoms with E-state index in [1.54, 1.807) is 35.9 Å². The summed E-state index contributed by atoms with van der Waals surface area (Å²) in [6, 6.07) is 7.14. The number of aromatic nitrogens is 1. The van der Waals surface area contributed by atoms with Gasteiger partial charge in [-0.2, -0.15) is 0 Å². The van der Waals surface area contributed by atoms with Crippen molar-refractivity contribution in [1.82, 2.24) is 4.98 Å². The minimum atomic E-state index is -0.286. The van der Waals surface area contributed by atoms with E-state index in [1.165, 1.54) is 22.3 Å². The summed E-state index contributed by atoms with van der Waals surface area (Å²) in [5, 5.41) is 4.99. The third-order valence-electron chi connectivity index (χ3n) is 5.69. The number of anilines is 2. The van der Waals surface area contributed by atoms with Crippen LogP contribution in [0.25, 0.3) is 6.08 Å². The van der Waals surface area contributed by atoms with E-state index in [4.69, 9.17) is 0 Å². The molecule has 4 unspecified atom stereocenters. The fourth-order valence-electron chi connectivity index (χ4n) is 4.53.